The quantitative estimate of drug-likeness (QED) is 0.431. The summed E-state index contributed by atoms with van der Waals surface area (Å²) in [5.41, 5.74) is 2.48. The fourth-order valence-electron chi connectivity index (χ4n) is 2.47. The van der Waals surface area contributed by atoms with Crippen molar-refractivity contribution in [3.05, 3.63) is 88.1 Å². The second-order valence-electron chi connectivity index (χ2n) is 5.90. The smallest absolute Gasteiger partial charge is 0.187 e. The predicted molar refractivity (Wildman–Crippen MR) is 102 cm³/mol. The van der Waals surface area contributed by atoms with Gasteiger partial charge in [0.15, 0.2) is 5.78 Å². The Morgan fingerprint density at radius 2 is 2.00 bits per heavy atom. The summed E-state index contributed by atoms with van der Waals surface area (Å²) in [5, 5.41) is 0.751. The van der Waals surface area contributed by atoms with Crippen LogP contribution in [0.15, 0.2) is 59.3 Å². The topological polar surface area (TPSA) is 52.3 Å². The number of pyridine rings is 1. The van der Waals surface area contributed by atoms with Crippen LogP contribution in [0.1, 0.15) is 33.0 Å². The summed E-state index contributed by atoms with van der Waals surface area (Å²) in [6, 6.07) is 10.9. The first-order valence-electron chi connectivity index (χ1n) is 8.13. The summed E-state index contributed by atoms with van der Waals surface area (Å²) in [6.45, 7) is 4.18. The van der Waals surface area contributed by atoms with Crippen LogP contribution in [0.2, 0.25) is 5.02 Å². The summed E-state index contributed by atoms with van der Waals surface area (Å²) >= 11 is 6.16. The second kappa shape index (κ2) is 8.02. The van der Waals surface area contributed by atoms with Crippen molar-refractivity contribution < 1.29 is 13.9 Å². The van der Waals surface area contributed by atoms with E-state index < -0.39 is 0 Å². The first kappa shape index (κ1) is 18.0. The first-order valence-corrected chi connectivity index (χ1v) is 8.51. The SMILES string of the molecule is Cc1cc(OCc2ccc(/C=C/C(=O)c3cccnc3)o2)cc(C)c1Cl. The molecule has 0 fully saturated rings. The molecule has 26 heavy (non-hydrogen) atoms. The van der Waals surface area contributed by atoms with E-state index in [-0.39, 0.29) is 5.78 Å². The van der Waals surface area contributed by atoms with Crippen LogP contribution in [0.3, 0.4) is 0 Å². The fourth-order valence-corrected chi connectivity index (χ4v) is 2.58. The average Bonchev–Trinajstić information content (AvgIpc) is 3.11. The molecule has 0 aliphatic carbocycles. The fraction of sp³-hybridized carbons (Fsp3) is 0.143. The van der Waals surface area contributed by atoms with E-state index in [9.17, 15) is 4.79 Å². The number of ketones is 1. The van der Waals surface area contributed by atoms with E-state index in [2.05, 4.69) is 4.98 Å². The summed E-state index contributed by atoms with van der Waals surface area (Å²) in [7, 11) is 0. The highest BCUT2D eigenvalue weighted by Crippen LogP contribution is 2.26. The minimum absolute atomic E-state index is 0.126. The number of ether oxygens (including phenoxy) is 1. The van der Waals surface area contributed by atoms with Crippen LogP contribution in [-0.4, -0.2) is 10.8 Å². The van der Waals surface area contributed by atoms with E-state index in [0.29, 0.717) is 23.7 Å². The van der Waals surface area contributed by atoms with Gasteiger partial charge >= 0.3 is 0 Å². The third-order valence-electron chi connectivity index (χ3n) is 3.82. The standard InChI is InChI=1S/C21H18ClNO3/c1-14-10-19(11-15(2)21(14)22)25-13-18-6-5-17(26-18)7-8-20(24)16-4-3-9-23-12-16/h3-12H,13H2,1-2H3/b8-7+. The lowest BCUT2D eigenvalue weighted by Gasteiger charge is -2.08. The Morgan fingerprint density at radius 3 is 2.69 bits per heavy atom. The number of aromatic nitrogens is 1. The minimum Gasteiger partial charge on any atom is -0.486 e. The molecule has 1 aromatic carbocycles. The van der Waals surface area contributed by atoms with Crippen LogP contribution in [0, 0.1) is 13.8 Å². The number of rotatable bonds is 6. The normalized spacial score (nSPS) is 11.0. The number of halogens is 1. The Bertz CT molecular complexity index is 922. The van der Waals surface area contributed by atoms with Gasteiger partial charge in [0.25, 0.3) is 0 Å². The molecule has 2 heterocycles. The third kappa shape index (κ3) is 4.41. The zero-order valence-electron chi connectivity index (χ0n) is 14.5. The van der Waals surface area contributed by atoms with E-state index in [1.165, 1.54) is 12.3 Å². The lowest BCUT2D eigenvalue weighted by Crippen LogP contribution is -1.95. The van der Waals surface area contributed by atoms with E-state index in [1.807, 2.05) is 32.0 Å². The van der Waals surface area contributed by atoms with Gasteiger partial charge in [-0.1, -0.05) is 11.6 Å². The van der Waals surface area contributed by atoms with Crippen LogP contribution >= 0.6 is 11.6 Å². The molecule has 4 nitrogen and oxygen atoms in total. The Morgan fingerprint density at radius 1 is 1.23 bits per heavy atom. The highest BCUT2D eigenvalue weighted by Gasteiger charge is 2.06. The molecule has 0 radical (unpaired) electrons. The molecular weight excluding hydrogens is 350 g/mol. The number of carbonyl (C=O) groups is 1. The average molecular weight is 368 g/mol. The van der Waals surface area contributed by atoms with Gasteiger partial charge in [-0.05, 0) is 73.5 Å². The van der Waals surface area contributed by atoms with Crippen molar-refractivity contribution in [2.24, 2.45) is 0 Å². The Labute approximate surface area is 157 Å². The van der Waals surface area contributed by atoms with Gasteiger partial charge in [-0.2, -0.15) is 0 Å². The Balaban J connectivity index is 1.61. The molecule has 0 atom stereocenters. The molecule has 0 aliphatic heterocycles. The Kier molecular flexibility index (Phi) is 5.54. The molecule has 0 amide bonds. The zero-order chi connectivity index (χ0) is 18.5. The molecule has 3 rings (SSSR count). The third-order valence-corrected chi connectivity index (χ3v) is 4.41. The molecule has 2 aromatic heterocycles. The van der Waals surface area contributed by atoms with Crippen molar-refractivity contribution in [3.8, 4) is 5.75 Å². The summed E-state index contributed by atoms with van der Waals surface area (Å²) in [6.07, 6.45) is 6.26. The van der Waals surface area contributed by atoms with Gasteiger partial charge in [0.05, 0.1) is 0 Å². The molecule has 0 saturated carbocycles. The second-order valence-corrected chi connectivity index (χ2v) is 6.28. The van der Waals surface area contributed by atoms with E-state index in [1.54, 1.807) is 30.5 Å². The van der Waals surface area contributed by atoms with Crippen LogP contribution in [0.5, 0.6) is 5.75 Å². The molecule has 0 bridgehead atoms. The minimum atomic E-state index is -0.126. The molecule has 0 spiro atoms. The monoisotopic (exact) mass is 367 g/mol. The molecule has 132 valence electrons. The van der Waals surface area contributed by atoms with Crippen LogP contribution < -0.4 is 4.74 Å². The summed E-state index contributed by atoms with van der Waals surface area (Å²) in [5.74, 6) is 1.87. The zero-order valence-corrected chi connectivity index (χ0v) is 15.3. The molecular formula is C21H18ClNO3. The van der Waals surface area contributed by atoms with Crippen molar-refractivity contribution in [2.45, 2.75) is 20.5 Å². The molecule has 0 aliphatic rings. The van der Waals surface area contributed by atoms with Crippen molar-refractivity contribution in [1.82, 2.24) is 4.98 Å². The lowest BCUT2D eigenvalue weighted by molar-refractivity contribution is 0.104. The van der Waals surface area contributed by atoms with Gasteiger partial charge in [0.1, 0.15) is 23.9 Å². The molecule has 0 saturated heterocycles. The molecule has 5 heteroatoms. The van der Waals surface area contributed by atoms with E-state index >= 15 is 0 Å². The van der Waals surface area contributed by atoms with Gasteiger partial charge in [-0.15, -0.1) is 0 Å². The van der Waals surface area contributed by atoms with Gasteiger partial charge in [0.2, 0.25) is 0 Å². The summed E-state index contributed by atoms with van der Waals surface area (Å²) < 4.78 is 11.4. The maximum absolute atomic E-state index is 12.0. The van der Waals surface area contributed by atoms with Crippen LogP contribution in [0.25, 0.3) is 6.08 Å². The van der Waals surface area contributed by atoms with Gasteiger partial charge in [0, 0.05) is 23.0 Å². The number of nitrogens with zero attached hydrogens (tertiary/aromatic N) is 1. The van der Waals surface area contributed by atoms with Crippen molar-refractivity contribution in [1.29, 1.82) is 0 Å². The maximum atomic E-state index is 12.0. The van der Waals surface area contributed by atoms with Crippen LogP contribution in [-0.2, 0) is 6.61 Å². The van der Waals surface area contributed by atoms with Crippen molar-refractivity contribution >= 4 is 23.5 Å². The maximum Gasteiger partial charge on any atom is 0.187 e. The van der Waals surface area contributed by atoms with Gasteiger partial charge < -0.3 is 9.15 Å². The highest BCUT2D eigenvalue weighted by molar-refractivity contribution is 6.32. The highest BCUT2D eigenvalue weighted by atomic mass is 35.5. The van der Waals surface area contributed by atoms with Crippen molar-refractivity contribution in [3.63, 3.8) is 0 Å². The van der Waals surface area contributed by atoms with Gasteiger partial charge in [-0.25, -0.2) is 0 Å². The number of carbonyl (C=O) groups excluding carboxylic acids is 1. The van der Waals surface area contributed by atoms with Crippen LogP contribution in [0.4, 0.5) is 0 Å². The number of benzene rings is 1. The number of allylic oxidation sites excluding steroid dienone is 1. The van der Waals surface area contributed by atoms with Crippen molar-refractivity contribution in [2.75, 3.05) is 0 Å². The summed E-state index contributed by atoms with van der Waals surface area (Å²) in [4.78, 5) is 16.0. The number of hydrogen-bond acceptors (Lipinski definition) is 4. The number of furan rings is 1. The molecule has 3 aromatic rings. The molecule has 0 unspecified atom stereocenters. The van der Waals surface area contributed by atoms with Gasteiger partial charge in [-0.3, -0.25) is 9.78 Å². The van der Waals surface area contributed by atoms with E-state index in [0.717, 1.165) is 21.9 Å². The lowest BCUT2D eigenvalue weighted by atomic mass is 10.1. The van der Waals surface area contributed by atoms with E-state index in [4.69, 9.17) is 20.8 Å². The predicted octanol–water partition coefficient (Wildman–Crippen LogP) is 5.42. The number of hydrogen-bond donors (Lipinski definition) is 0. The molecule has 0 N–H and O–H groups in total. The number of aryl methyl sites for hydroxylation is 2. The largest absolute Gasteiger partial charge is 0.486 e. The first-order chi connectivity index (χ1) is 12.5. The Hall–Kier alpha value is -2.85.